The molecule has 0 amide bonds. The molecule has 0 saturated heterocycles. The van der Waals surface area contributed by atoms with Gasteiger partial charge in [-0.3, -0.25) is 0 Å². The fourth-order valence-corrected chi connectivity index (χ4v) is 2.27. The molecule has 0 radical (unpaired) electrons. The number of aliphatic carboxylic acids is 1. The number of carbonyl (C=O) groups excluding carboxylic acids is 1. The van der Waals surface area contributed by atoms with E-state index < -0.39 is 11.9 Å². The average Bonchev–Trinajstić information content (AvgIpc) is 2.65. The van der Waals surface area contributed by atoms with Gasteiger partial charge in [-0.05, 0) is 41.5 Å². The minimum absolute atomic E-state index is 0.0896. The number of hydrogen-bond donors (Lipinski definition) is 1. The average molecular weight is 342 g/mol. The fraction of sp³-hybridized carbons (Fsp3) is 0.158. The molecule has 0 bridgehead atoms. The summed E-state index contributed by atoms with van der Waals surface area (Å²) in [5.41, 5.74) is 1.59. The van der Waals surface area contributed by atoms with Gasteiger partial charge in [-0.2, -0.15) is 0 Å². The van der Waals surface area contributed by atoms with Crippen LogP contribution in [0.1, 0.15) is 21.5 Å². The molecule has 0 aliphatic rings. The molecule has 0 atom stereocenters. The van der Waals surface area contributed by atoms with Crippen molar-refractivity contribution in [1.29, 1.82) is 0 Å². The summed E-state index contributed by atoms with van der Waals surface area (Å²) in [6.07, 6.45) is 1.52. The van der Waals surface area contributed by atoms with E-state index in [9.17, 15) is 14.7 Å². The van der Waals surface area contributed by atoms with E-state index in [0.717, 1.165) is 0 Å². The van der Waals surface area contributed by atoms with Crippen molar-refractivity contribution in [2.24, 2.45) is 0 Å². The molecule has 2 rings (SSSR count). The van der Waals surface area contributed by atoms with Gasteiger partial charge in [-0.25, -0.2) is 9.59 Å². The van der Waals surface area contributed by atoms with Gasteiger partial charge in [0.15, 0.2) is 11.5 Å². The highest BCUT2D eigenvalue weighted by molar-refractivity contribution is 6.20. The monoisotopic (exact) mass is 342 g/mol. The van der Waals surface area contributed by atoms with Gasteiger partial charge in [0.25, 0.3) is 0 Å². The number of ether oxygens (including phenoxy) is 3. The number of rotatable bonds is 6. The maximum atomic E-state index is 11.7. The van der Waals surface area contributed by atoms with E-state index in [1.165, 1.54) is 27.4 Å². The standard InChI is InChI=1S/C19H18O6/c1-23-16-9-8-14(11-17(16)24-2)15(18(20)21)10-12-4-6-13(7-5-12)19(22)25-3/h4-11H,1-3H3,(H,20,21)/b15-10-. The molecule has 0 aliphatic heterocycles. The lowest BCUT2D eigenvalue weighted by Gasteiger charge is -2.10. The lowest BCUT2D eigenvalue weighted by Crippen LogP contribution is -2.02. The Labute approximate surface area is 145 Å². The van der Waals surface area contributed by atoms with Crippen molar-refractivity contribution in [1.82, 2.24) is 0 Å². The Morgan fingerprint density at radius 1 is 0.880 bits per heavy atom. The molecule has 1 N–H and O–H groups in total. The quantitative estimate of drug-likeness (QED) is 0.493. The van der Waals surface area contributed by atoms with E-state index in [-0.39, 0.29) is 5.57 Å². The molecule has 0 aliphatic carbocycles. The second kappa shape index (κ2) is 8.01. The van der Waals surface area contributed by atoms with Gasteiger partial charge in [0.2, 0.25) is 0 Å². The van der Waals surface area contributed by atoms with Crippen molar-refractivity contribution in [3.05, 3.63) is 59.2 Å². The lowest BCUT2D eigenvalue weighted by molar-refractivity contribution is -0.130. The topological polar surface area (TPSA) is 82.1 Å². The minimum atomic E-state index is -1.08. The number of benzene rings is 2. The first kappa shape index (κ1) is 18.1. The molecule has 25 heavy (non-hydrogen) atoms. The van der Waals surface area contributed by atoms with Gasteiger partial charge in [0, 0.05) is 0 Å². The Balaban J connectivity index is 2.42. The maximum Gasteiger partial charge on any atom is 0.337 e. The zero-order valence-electron chi connectivity index (χ0n) is 14.1. The van der Waals surface area contributed by atoms with Crippen molar-refractivity contribution >= 4 is 23.6 Å². The summed E-state index contributed by atoms with van der Waals surface area (Å²) in [7, 11) is 4.29. The molecule has 0 saturated carbocycles. The van der Waals surface area contributed by atoms with Crippen molar-refractivity contribution in [3.8, 4) is 11.5 Å². The van der Waals surface area contributed by atoms with Crippen LogP contribution in [0.15, 0.2) is 42.5 Å². The van der Waals surface area contributed by atoms with Crippen LogP contribution in [0, 0.1) is 0 Å². The normalized spacial score (nSPS) is 10.9. The van der Waals surface area contributed by atoms with Crippen LogP contribution in [-0.4, -0.2) is 38.4 Å². The van der Waals surface area contributed by atoms with Crippen molar-refractivity contribution in [2.75, 3.05) is 21.3 Å². The van der Waals surface area contributed by atoms with Crippen molar-refractivity contribution in [3.63, 3.8) is 0 Å². The summed E-state index contributed by atoms with van der Waals surface area (Å²) in [6, 6.07) is 11.3. The van der Waals surface area contributed by atoms with Crippen LogP contribution in [0.3, 0.4) is 0 Å². The summed E-state index contributed by atoms with van der Waals surface area (Å²) < 4.78 is 15.0. The molecule has 0 aromatic heterocycles. The summed E-state index contributed by atoms with van der Waals surface area (Å²) in [6.45, 7) is 0. The second-order valence-electron chi connectivity index (χ2n) is 5.05. The van der Waals surface area contributed by atoms with Crippen LogP contribution < -0.4 is 9.47 Å². The minimum Gasteiger partial charge on any atom is -0.493 e. The van der Waals surface area contributed by atoms with Gasteiger partial charge in [-0.15, -0.1) is 0 Å². The van der Waals surface area contributed by atoms with Crippen LogP contribution >= 0.6 is 0 Å². The number of esters is 1. The highest BCUT2D eigenvalue weighted by atomic mass is 16.5. The number of carboxylic acid groups (broad SMARTS) is 1. The maximum absolute atomic E-state index is 11.7. The Bertz CT molecular complexity index is 805. The Hall–Kier alpha value is -3.28. The summed E-state index contributed by atoms with van der Waals surface area (Å²) in [4.78, 5) is 23.1. The number of carboxylic acids is 1. The first-order valence-corrected chi connectivity index (χ1v) is 7.36. The smallest absolute Gasteiger partial charge is 0.337 e. The predicted octanol–water partition coefficient (Wildman–Crippen LogP) is 3.12. The summed E-state index contributed by atoms with van der Waals surface area (Å²) in [5.74, 6) is -0.579. The summed E-state index contributed by atoms with van der Waals surface area (Å²) in [5, 5.41) is 9.54. The van der Waals surface area contributed by atoms with E-state index in [2.05, 4.69) is 4.74 Å². The number of carbonyl (C=O) groups is 2. The Kier molecular flexibility index (Phi) is 5.79. The van der Waals surface area contributed by atoms with Crippen LogP contribution in [-0.2, 0) is 9.53 Å². The molecule has 0 heterocycles. The molecule has 6 nitrogen and oxygen atoms in total. The predicted molar refractivity (Wildman–Crippen MR) is 92.8 cm³/mol. The molecular formula is C19H18O6. The van der Waals surface area contributed by atoms with Gasteiger partial charge in [0.05, 0.1) is 32.5 Å². The van der Waals surface area contributed by atoms with E-state index in [1.807, 2.05) is 0 Å². The first-order valence-electron chi connectivity index (χ1n) is 7.36. The molecule has 6 heteroatoms. The molecule has 0 spiro atoms. The third kappa shape index (κ3) is 4.17. The van der Waals surface area contributed by atoms with Gasteiger partial charge in [0.1, 0.15) is 0 Å². The van der Waals surface area contributed by atoms with Crippen LogP contribution in [0.2, 0.25) is 0 Å². The SMILES string of the molecule is COC(=O)c1ccc(/C=C(\C(=O)O)c2ccc(OC)c(OC)c2)cc1. The van der Waals surface area contributed by atoms with Crippen LogP contribution in [0.25, 0.3) is 11.6 Å². The van der Waals surface area contributed by atoms with Crippen LogP contribution in [0.5, 0.6) is 11.5 Å². The molecule has 0 unspecified atom stereocenters. The Morgan fingerprint density at radius 2 is 1.48 bits per heavy atom. The van der Waals surface area contributed by atoms with E-state index in [1.54, 1.807) is 42.5 Å². The third-order valence-electron chi connectivity index (χ3n) is 3.57. The molecule has 130 valence electrons. The highest BCUT2D eigenvalue weighted by Crippen LogP contribution is 2.31. The van der Waals surface area contributed by atoms with Gasteiger partial charge in [-0.1, -0.05) is 18.2 Å². The highest BCUT2D eigenvalue weighted by Gasteiger charge is 2.14. The van der Waals surface area contributed by atoms with E-state index >= 15 is 0 Å². The van der Waals surface area contributed by atoms with Crippen molar-refractivity contribution < 1.29 is 28.9 Å². The summed E-state index contributed by atoms with van der Waals surface area (Å²) >= 11 is 0. The molecule has 2 aromatic rings. The zero-order chi connectivity index (χ0) is 18.4. The van der Waals surface area contributed by atoms with Gasteiger partial charge < -0.3 is 19.3 Å². The second-order valence-corrected chi connectivity index (χ2v) is 5.05. The number of hydrogen-bond acceptors (Lipinski definition) is 5. The Morgan fingerprint density at radius 3 is 2.00 bits per heavy atom. The fourth-order valence-electron chi connectivity index (χ4n) is 2.27. The lowest BCUT2D eigenvalue weighted by atomic mass is 10.0. The molecular weight excluding hydrogens is 324 g/mol. The molecule has 0 fully saturated rings. The number of methoxy groups -OCH3 is 3. The van der Waals surface area contributed by atoms with E-state index in [4.69, 9.17) is 9.47 Å². The van der Waals surface area contributed by atoms with Crippen LogP contribution in [0.4, 0.5) is 0 Å². The first-order chi connectivity index (χ1) is 12.0. The van der Waals surface area contributed by atoms with Crippen molar-refractivity contribution in [2.45, 2.75) is 0 Å². The zero-order valence-corrected chi connectivity index (χ0v) is 14.1. The van der Waals surface area contributed by atoms with Gasteiger partial charge >= 0.3 is 11.9 Å². The van der Waals surface area contributed by atoms with E-state index in [0.29, 0.717) is 28.2 Å². The third-order valence-corrected chi connectivity index (χ3v) is 3.57. The largest absolute Gasteiger partial charge is 0.493 e. The molecule has 2 aromatic carbocycles.